The van der Waals surface area contributed by atoms with Crippen LogP contribution in [-0.4, -0.2) is 23.7 Å². The van der Waals surface area contributed by atoms with Crippen LogP contribution in [0, 0.1) is 17.6 Å². The molecule has 0 aliphatic heterocycles. The van der Waals surface area contributed by atoms with Gasteiger partial charge in [-0.3, -0.25) is 0 Å². The first-order valence-corrected chi connectivity index (χ1v) is 12.6. The highest BCUT2D eigenvalue weighted by atomic mass is 28.5. The zero-order chi connectivity index (χ0) is 16.3. The summed E-state index contributed by atoms with van der Waals surface area (Å²) in [6.07, 6.45) is 0. The quantitative estimate of drug-likeness (QED) is 0.690. The normalized spacial score (nSPS) is 12.8. The monoisotopic (exact) mass is 334 g/mol. The molecule has 0 spiro atoms. The minimum Gasteiger partial charge on any atom is -0.521 e. The molecule has 0 N–H and O–H groups in total. The maximum absolute atomic E-state index is 13.2. The molecule has 0 bridgehead atoms. The maximum atomic E-state index is 13.2. The highest BCUT2D eigenvalue weighted by Gasteiger charge is 2.38. The van der Waals surface area contributed by atoms with Gasteiger partial charge in [-0.1, -0.05) is 13.8 Å². The maximum Gasteiger partial charge on any atom is 0.383 e. The molecule has 1 aromatic carbocycles. The molecule has 0 saturated heterocycles. The summed E-state index contributed by atoms with van der Waals surface area (Å²) in [5.41, 5.74) is 0. The second-order valence-corrected chi connectivity index (χ2v) is 13.2. The van der Waals surface area contributed by atoms with E-state index in [1.54, 1.807) is 0 Å². The van der Waals surface area contributed by atoms with Gasteiger partial charge in [0.05, 0.1) is 0 Å². The van der Waals surface area contributed by atoms with Crippen LogP contribution in [0.2, 0.25) is 26.2 Å². The molecule has 1 rings (SSSR count). The lowest BCUT2D eigenvalue weighted by atomic mass is 10.2. The van der Waals surface area contributed by atoms with Crippen molar-refractivity contribution in [2.45, 2.75) is 40.0 Å². The van der Waals surface area contributed by atoms with Gasteiger partial charge in [0.2, 0.25) is 0 Å². The van der Waals surface area contributed by atoms with Gasteiger partial charge in [-0.25, -0.2) is 8.78 Å². The fourth-order valence-corrected chi connectivity index (χ4v) is 8.44. The lowest BCUT2D eigenvalue weighted by molar-refractivity contribution is 0.203. The van der Waals surface area contributed by atoms with Crippen molar-refractivity contribution in [3.63, 3.8) is 0 Å². The molecule has 0 unspecified atom stereocenters. The Morgan fingerprint density at radius 1 is 0.952 bits per heavy atom. The topological polar surface area (TPSA) is 27.7 Å². The molecule has 3 nitrogen and oxygen atoms in total. The molecule has 1 aromatic rings. The van der Waals surface area contributed by atoms with E-state index in [2.05, 4.69) is 13.8 Å². The van der Waals surface area contributed by atoms with Crippen molar-refractivity contribution in [2.24, 2.45) is 5.92 Å². The van der Waals surface area contributed by atoms with Gasteiger partial charge in [-0.2, -0.15) is 0 Å². The number of hydrogen-bond acceptors (Lipinski definition) is 3. The largest absolute Gasteiger partial charge is 0.521 e. The van der Waals surface area contributed by atoms with Crippen molar-refractivity contribution in [2.75, 3.05) is 6.61 Å². The molecule has 0 radical (unpaired) electrons. The molecule has 0 atom stereocenters. The molecule has 0 aliphatic carbocycles. The Bertz CT molecular complexity index is 459. The standard InChI is InChI=1S/C14H24F2O3Si2/c1-11(2)10-17-20(3,4)19-21(5,6)18-14-8-12(15)7-13(16)9-14/h7-9,11H,10H2,1-6H3. The number of hydrogen-bond donors (Lipinski definition) is 0. The van der Waals surface area contributed by atoms with Crippen LogP contribution in [0.15, 0.2) is 18.2 Å². The smallest absolute Gasteiger partial charge is 0.383 e. The summed E-state index contributed by atoms with van der Waals surface area (Å²) in [6.45, 7) is 12.3. The van der Waals surface area contributed by atoms with E-state index >= 15 is 0 Å². The number of rotatable bonds is 7. The second kappa shape index (κ2) is 7.00. The number of benzene rings is 1. The Hall–Kier alpha value is -0.766. The summed E-state index contributed by atoms with van der Waals surface area (Å²) in [5, 5.41) is 0. The molecular formula is C14H24F2O3Si2. The average molecular weight is 335 g/mol. The van der Waals surface area contributed by atoms with Gasteiger partial charge in [0.15, 0.2) is 0 Å². The lowest BCUT2D eigenvalue weighted by Gasteiger charge is -2.33. The van der Waals surface area contributed by atoms with Crippen LogP contribution in [-0.2, 0) is 8.54 Å². The molecule has 0 aromatic heterocycles. The van der Waals surface area contributed by atoms with Crippen LogP contribution in [0.3, 0.4) is 0 Å². The van der Waals surface area contributed by atoms with E-state index in [4.69, 9.17) is 13.0 Å². The summed E-state index contributed by atoms with van der Waals surface area (Å²) in [6, 6.07) is 3.13. The van der Waals surface area contributed by atoms with Crippen molar-refractivity contribution < 1.29 is 21.7 Å². The third-order valence-corrected chi connectivity index (χ3v) is 7.98. The van der Waals surface area contributed by atoms with E-state index in [1.807, 2.05) is 26.2 Å². The third-order valence-electron chi connectivity index (χ3n) is 2.46. The molecule has 0 amide bonds. The van der Waals surface area contributed by atoms with Gasteiger partial charge in [-0.05, 0) is 32.1 Å². The SMILES string of the molecule is CC(C)CO[Si](C)(C)O[Si](C)(C)Oc1cc(F)cc(F)c1. The molecular weight excluding hydrogens is 310 g/mol. The summed E-state index contributed by atoms with van der Waals surface area (Å²) in [5.74, 6) is -0.758. The minimum atomic E-state index is -2.59. The molecule has 0 fully saturated rings. The van der Waals surface area contributed by atoms with Crippen LogP contribution in [0.1, 0.15) is 13.8 Å². The summed E-state index contributed by atoms with van der Waals surface area (Å²) in [4.78, 5) is 0. The molecule has 120 valence electrons. The van der Waals surface area contributed by atoms with Gasteiger partial charge >= 0.3 is 17.1 Å². The van der Waals surface area contributed by atoms with Crippen molar-refractivity contribution >= 4 is 17.1 Å². The Balaban J connectivity index is 2.71. The average Bonchev–Trinajstić information content (AvgIpc) is 2.22. The number of halogens is 2. The fourth-order valence-electron chi connectivity index (χ4n) is 1.88. The zero-order valence-electron chi connectivity index (χ0n) is 13.5. The van der Waals surface area contributed by atoms with Gasteiger partial charge in [0.1, 0.15) is 17.4 Å². The Labute approximate surface area is 127 Å². The Kier molecular flexibility index (Phi) is 6.09. The first-order valence-electron chi connectivity index (χ1n) is 6.98. The summed E-state index contributed by atoms with van der Waals surface area (Å²) >= 11 is 0. The lowest BCUT2D eigenvalue weighted by Crippen LogP contribution is -2.50. The van der Waals surface area contributed by atoms with Crippen LogP contribution in [0.4, 0.5) is 8.78 Å². The minimum absolute atomic E-state index is 0.151. The predicted molar refractivity (Wildman–Crippen MR) is 83.8 cm³/mol. The molecule has 7 heteroatoms. The predicted octanol–water partition coefficient (Wildman–Crippen LogP) is 4.44. The first-order chi connectivity index (χ1) is 9.49. The summed E-state index contributed by atoms with van der Waals surface area (Å²) < 4.78 is 44.0. The van der Waals surface area contributed by atoms with Crippen LogP contribution < -0.4 is 4.43 Å². The first kappa shape index (κ1) is 18.3. The van der Waals surface area contributed by atoms with Crippen molar-refractivity contribution in [3.05, 3.63) is 29.8 Å². The van der Waals surface area contributed by atoms with E-state index in [0.717, 1.165) is 18.2 Å². The summed E-state index contributed by atoms with van der Waals surface area (Å²) in [7, 11) is -4.93. The van der Waals surface area contributed by atoms with Gasteiger partial charge in [-0.15, -0.1) is 0 Å². The zero-order valence-corrected chi connectivity index (χ0v) is 15.5. The molecule has 21 heavy (non-hydrogen) atoms. The highest BCUT2D eigenvalue weighted by molar-refractivity contribution is 6.79. The molecule has 0 saturated carbocycles. The highest BCUT2D eigenvalue weighted by Crippen LogP contribution is 2.23. The van der Waals surface area contributed by atoms with Gasteiger partial charge in [0, 0.05) is 24.8 Å². The van der Waals surface area contributed by atoms with Crippen molar-refractivity contribution in [1.29, 1.82) is 0 Å². The van der Waals surface area contributed by atoms with E-state index in [9.17, 15) is 8.78 Å². The van der Waals surface area contributed by atoms with Crippen LogP contribution in [0.5, 0.6) is 5.75 Å². The van der Waals surface area contributed by atoms with E-state index in [1.165, 1.54) is 0 Å². The van der Waals surface area contributed by atoms with Crippen molar-refractivity contribution in [1.82, 2.24) is 0 Å². The van der Waals surface area contributed by atoms with Gasteiger partial charge in [0.25, 0.3) is 0 Å². The van der Waals surface area contributed by atoms with Crippen LogP contribution >= 0.6 is 0 Å². The third kappa shape index (κ3) is 7.17. The van der Waals surface area contributed by atoms with Crippen LogP contribution in [0.25, 0.3) is 0 Å². The molecule has 0 heterocycles. The fraction of sp³-hybridized carbons (Fsp3) is 0.571. The van der Waals surface area contributed by atoms with Gasteiger partial charge < -0.3 is 13.0 Å². The van der Waals surface area contributed by atoms with E-state index < -0.39 is 28.8 Å². The van der Waals surface area contributed by atoms with Crippen molar-refractivity contribution in [3.8, 4) is 5.75 Å². The molecule has 0 aliphatic rings. The second-order valence-electron chi connectivity index (χ2n) is 6.31. The Morgan fingerprint density at radius 3 is 1.95 bits per heavy atom. The van der Waals surface area contributed by atoms with E-state index in [0.29, 0.717) is 12.5 Å². The van der Waals surface area contributed by atoms with E-state index in [-0.39, 0.29) is 5.75 Å². The Morgan fingerprint density at radius 2 is 1.48 bits per heavy atom.